The minimum Gasteiger partial charge on any atom is -0.395 e. The van der Waals surface area contributed by atoms with Gasteiger partial charge in [0.05, 0.1) is 12.1 Å². The molecule has 1 aliphatic rings. The number of rotatable bonds is 5. The Hall–Kier alpha value is -1.40. The predicted octanol–water partition coefficient (Wildman–Crippen LogP) is 2.56. The predicted molar refractivity (Wildman–Crippen MR) is 65.1 cm³/mol. The highest BCUT2D eigenvalue weighted by molar-refractivity contribution is 5.46. The number of aliphatic hydroxyl groups is 1. The monoisotopic (exact) mass is 273 g/mol. The summed E-state index contributed by atoms with van der Waals surface area (Å²) in [5.74, 6) is -0.0790. The van der Waals surface area contributed by atoms with Gasteiger partial charge in [0.15, 0.2) is 11.5 Å². The molecule has 0 unspecified atom stereocenters. The van der Waals surface area contributed by atoms with E-state index in [1.807, 2.05) is 6.92 Å². The number of fused-ring (bicyclic) bond motifs is 1. The maximum Gasteiger partial charge on any atom is 0.586 e. The molecule has 1 heterocycles. The van der Waals surface area contributed by atoms with Crippen molar-refractivity contribution in [2.24, 2.45) is 5.73 Å². The molecule has 19 heavy (non-hydrogen) atoms. The Labute approximate surface area is 110 Å². The van der Waals surface area contributed by atoms with Crippen LogP contribution < -0.4 is 15.2 Å². The van der Waals surface area contributed by atoms with Crippen molar-refractivity contribution in [3.63, 3.8) is 0 Å². The third kappa shape index (κ3) is 3.13. The second kappa shape index (κ2) is 5.30. The molecule has 0 aromatic heterocycles. The number of unbranched alkanes of at least 4 members (excludes halogenated alkanes) is 1. The lowest BCUT2D eigenvalue weighted by atomic mass is 9.98. The average Bonchev–Trinajstić information content (AvgIpc) is 2.67. The van der Waals surface area contributed by atoms with Crippen molar-refractivity contribution < 1.29 is 23.4 Å². The first-order valence-electron chi connectivity index (χ1n) is 6.26. The van der Waals surface area contributed by atoms with Gasteiger partial charge in [0, 0.05) is 0 Å². The summed E-state index contributed by atoms with van der Waals surface area (Å²) < 4.78 is 34.4. The zero-order chi connectivity index (χ0) is 14.0. The molecule has 0 spiro atoms. The average molecular weight is 273 g/mol. The third-order valence-corrected chi connectivity index (χ3v) is 3.08. The van der Waals surface area contributed by atoms with E-state index < -0.39 is 18.4 Å². The number of nitrogens with two attached hydrogens (primary N) is 1. The third-order valence-electron chi connectivity index (χ3n) is 3.08. The summed E-state index contributed by atoms with van der Waals surface area (Å²) in [5, 5.41) is 9.91. The normalized spacial score (nSPS) is 19.2. The first-order valence-corrected chi connectivity index (χ1v) is 6.26. The summed E-state index contributed by atoms with van der Waals surface area (Å²) in [7, 11) is 0. The van der Waals surface area contributed by atoms with Gasteiger partial charge in [-0.05, 0) is 24.1 Å². The first kappa shape index (κ1) is 14.0. The summed E-state index contributed by atoms with van der Waals surface area (Å²) in [6, 6.07) is 3.69. The smallest absolute Gasteiger partial charge is 0.395 e. The van der Waals surface area contributed by atoms with Crippen molar-refractivity contribution >= 4 is 0 Å². The fourth-order valence-corrected chi connectivity index (χ4v) is 1.99. The Kier molecular flexibility index (Phi) is 3.91. The highest BCUT2D eigenvalue weighted by Gasteiger charge is 2.43. The van der Waals surface area contributed by atoms with E-state index in [1.165, 1.54) is 12.1 Å². The Morgan fingerprint density at radius 3 is 2.68 bits per heavy atom. The molecular weight excluding hydrogens is 256 g/mol. The highest BCUT2D eigenvalue weighted by atomic mass is 19.3. The van der Waals surface area contributed by atoms with Gasteiger partial charge < -0.3 is 20.3 Å². The molecule has 0 fully saturated rings. The lowest BCUT2D eigenvalue weighted by Gasteiger charge is -2.19. The fourth-order valence-electron chi connectivity index (χ4n) is 1.99. The summed E-state index contributed by atoms with van der Waals surface area (Å²) in [6.45, 7) is 2.01. The van der Waals surface area contributed by atoms with Crippen LogP contribution in [0, 0.1) is 0 Å². The van der Waals surface area contributed by atoms with Crippen molar-refractivity contribution in [1.29, 1.82) is 0 Å². The Balaban J connectivity index is 2.11. The largest absolute Gasteiger partial charge is 0.586 e. The SMILES string of the molecule is CCCC[C@@H](O)[C@@H](N)c1ccc2c(c1)OC(F)(F)O2. The van der Waals surface area contributed by atoms with Gasteiger partial charge in [0.25, 0.3) is 0 Å². The first-order chi connectivity index (χ1) is 8.93. The topological polar surface area (TPSA) is 64.7 Å². The van der Waals surface area contributed by atoms with Crippen LogP contribution in [0.2, 0.25) is 0 Å². The molecule has 0 bridgehead atoms. The van der Waals surface area contributed by atoms with E-state index in [9.17, 15) is 13.9 Å². The molecule has 0 saturated heterocycles. The molecular formula is C13H17F2NO3. The van der Waals surface area contributed by atoms with Gasteiger partial charge in [-0.15, -0.1) is 8.78 Å². The molecule has 3 N–H and O–H groups in total. The minimum absolute atomic E-state index is 0.0241. The molecule has 4 nitrogen and oxygen atoms in total. The molecule has 6 heteroatoms. The number of benzene rings is 1. The summed E-state index contributed by atoms with van der Waals surface area (Å²) >= 11 is 0. The summed E-state index contributed by atoms with van der Waals surface area (Å²) in [6.07, 6.45) is -1.95. The second-order valence-electron chi connectivity index (χ2n) is 4.61. The number of halogens is 2. The van der Waals surface area contributed by atoms with Crippen LogP contribution in [0.3, 0.4) is 0 Å². The molecule has 106 valence electrons. The van der Waals surface area contributed by atoms with E-state index in [2.05, 4.69) is 9.47 Å². The highest BCUT2D eigenvalue weighted by Crippen LogP contribution is 2.42. The van der Waals surface area contributed by atoms with Crippen LogP contribution in [0.5, 0.6) is 11.5 Å². The van der Waals surface area contributed by atoms with E-state index in [-0.39, 0.29) is 11.5 Å². The van der Waals surface area contributed by atoms with Crippen LogP contribution >= 0.6 is 0 Å². The zero-order valence-corrected chi connectivity index (χ0v) is 10.6. The lowest BCUT2D eigenvalue weighted by molar-refractivity contribution is -0.286. The van der Waals surface area contributed by atoms with Crippen molar-refractivity contribution in [2.75, 3.05) is 0 Å². The minimum atomic E-state index is -3.63. The van der Waals surface area contributed by atoms with Crippen LogP contribution in [0.15, 0.2) is 18.2 Å². The van der Waals surface area contributed by atoms with Gasteiger partial charge in [0.2, 0.25) is 0 Å². The van der Waals surface area contributed by atoms with Crippen molar-refractivity contribution in [3.05, 3.63) is 23.8 Å². The molecule has 1 aromatic rings. The van der Waals surface area contributed by atoms with Crippen molar-refractivity contribution in [3.8, 4) is 11.5 Å². The van der Waals surface area contributed by atoms with E-state index in [0.717, 1.165) is 12.8 Å². The molecule has 1 aromatic carbocycles. The van der Waals surface area contributed by atoms with Crippen LogP contribution in [-0.2, 0) is 0 Å². The Morgan fingerprint density at radius 1 is 1.32 bits per heavy atom. The second-order valence-corrected chi connectivity index (χ2v) is 4.61. The number of aliphatic hydroxyl groups excluding tert-OH is 1. The maximum absolute atomic E-state index is 12.9. The van der Waals surface area contributed by atoms with E-state index in [0.29, 0.717) is 12.0 Å². The van der Waals surface area contributed by atoms with Crippen LogP contribution in [0.1, 0.15) is 37.8 Å². The molecule has 1 aliphatic heterocycles. The van der Waals surface area contributed by atoms with E-state index in [4.69, 9.17) is 5.73 Å². The summed E-state index contributed by atoms with van der Waals surface area (Å²) in [5.41, 5.74) is 6.45. The van der Waals surface area contributed by atoms with Gasteiger partial charge in [-0.25, -0.2) is 0 Å². The van der Waals surface area contributed by atoms with Gasteiger partial charge in [0.1, 0.15) is 0 Å². The lowest BCUT2D eigenvalue weighted by Crippen LogP contribution is -2.26. The molecule has 0 amide bonds. The number of ether oxygens (including phenoxy) is 2. The molecule has 2 atom stereocenters. The summed E-state index contributed by atoms with van der Waals surface area (Å²) in [4.78, 5) is 0. The zero-order valence-electron chi connectivity index (χ0n) is 10.6. The van der Waals surface area contributed by atoms with E-state index >= 15 is 0 Å². The van der Waals surface area contributed by atoms with Crippen LogP contribution in [-0.4, -0.2) is 17.5 Å². The van der Waals surface area contributed by atoms with Crippen LogP contribution in [0.25, 0.3) is 0 Å². The van der Waals surface area contributed by atoms with Crippen molar-refractivity contribution in [2.45, 2.75) is 44.6 Å². The van der Waals surface area contributed by atoms with Gasteiger partial charge in [-0.2, -0.15) is 0 Å². The van der Waals surface area contributed by atoms with Crippen LogP contribution in [0.4, 0.5) is 8.78 Å². The molecule has 0 aliphatic carbocycles. The number of hydrogen-bond acceptors (Lipinski definition) is 4. The standard InChI is InChI=1S/C13H17F2NO3/c1-2-3-4-9(17)12(16)8-5-6-10-11(7-8)19-13(14,15)18-10/h5-7,9,12,17H,2-4,16H2,1H3/t9-,12+/m1/s1. The van der Waals surface area contributed by atoms with Crippen molar-refractivity contribution in [1.82, 2.24) is 0 Å². The van der Waals surface area contributed by atoms with Gasteiger partial charge in [-0.1, -0.05) is 25.8 Å². The Bertz CT molecular complexity index is 454. The van der Waals surface area contributed by atoms with E-state index in [1.54, 1.807) is 6.07 Å². The van der Waals surface area contributed by atoms with Gasteiger partial charge in [-0.3, -0.25) is 0 Å². The molecule has 2 rings (SSSR count). The maximum atomic E-state index is 12.9. The van der Waals surface area contributed by atoms with Gasteiger partial charge >= 0.3 is 6.29 Å². The number of hydrogen-bond donors (Lipinski definition) is 2. The Morgan fingerprint density at radius 2 is 2.00 bits per heavy atom. The number of alkyl halides is 2. The fraction of sp³-hybridized carbons (Fsp3) is 0.538. The molecule has 0 radical (unpaired) electrons. The quantitative estimate of drug-likeness (QED) is 0.865. The molecule has 0 saturated carbocycles.